The van der Waals surface area contributed by atoms with E-state index < -0.39 is 10.8 Å². The lowest BCUT2D eigenvalue weighted by Crippen LogP contribution is -2.31. The first-order valence-electron chi connectivity index (χ1n) is 6.79. The van der Waals surface area contributed by atoms with Crippen LogP contribution in [-0.4, -0.2) is 28.8 Å². The summed E-state index contributed by atoms with van der Waals surface area (Å²) in [5.41, 5.74) is 3.03. The average Bonchev–Trinajstić information content (AvgIpc) is 2.38. The first-order valence-corrected chi connectivity index (χ1v) is 8.41. The molecule has 0 fully saturated rings. The highest BCUT2D eigenvalue weighted by Crippen LogP contribution is 2.30. The van der Waals surface area contributed by atoms with Gasteiger partial charge in [0.2, 0.25) is 0 Å². The number of rotatable bonds is 5. The summed E-state index contributed by atoms with van der Waals surface area (Å²) >= 11 is 0. The van der Waals surface area contributed by atoms with Crippen molar-refractivity contribution >= 4 is 10.8 Å². The largest absolute Gasteiger partial charge is 0.315 e. The Morgan fingerprint density at radius 1 is 1.44 bits per heavy atom. The van der Waals surface area contributed by atoms with E-state index in [2.05, 4.69) is 29.6 Å². The van der Waals surface area contributed by atoms with E-state index in [1.54, 1.807) is 6.26 Å². The van der Waals surface area contributed by atoms with E-state index in [-0.39, 0.29) is 5.25 Å². The molecule has 0 heterocycles. The van der Waals surface area contributed by atoms with Gasteiger partial charge in [-0.15, -0.1) is 0 Å². The minimum atomic E-state index is -0.724. The Morgan fingerprint density at radius 2 is 2.22 bits per heavy atom. The number of aryl methyl sites for hydroxylation is 1. The molecule has 1 aliphatic rings. The number of fused-ring (bicyclic) bond motifs is 1. The predicted molar refractivity (Wildman–Crippen MR) is 78.5 cm³/mol. The van der Waals surface area contributed by atoms with Gasteiger partial charge in [0, 0.05) is 35.4 Å². The summed E-state index contributed by atoms with van der Waals surface area (Å²) in [5.74, 6) is 0.632. The van der Waals surface area contributed by atoms with Crippen LogP contribution in [0.2, 0.25) is 0 Å². The van der Waals surface area contributed by atoms with E-state index in [1.807, 2.05) is 6.92 Å². The van der Waals surface area contributed by atoms with Crippen LogP contribution in [0.25, 0.3) is 0 Å². The van der Waals surface area contributed by atoms with Crippen molar-refractivity contribution in [2.24, 2.45) is 0 Å². The fraction of sp³-hybridized carbons (Fsp3) is 0.600. The second kappa shape index (κ2) is 6.48. The second-order valence-electron chi connectivity index (χ2n) is 5.26. The minimum absolute atomic E-state index is 0.240. The highest BCUT2D eigenvalue weighted by atomic mass is 32.2. The van der Waals surface area contributed by atoms with Crippen molar-refractivity contribution in [3.63, 3.8) is 0 Å². The quantitative estimate of drug-likeness (QED) is 0.886. The summed E-state index contributed by atoms with van der Waals surface area (Å²) < 4.78 is 11.3. The van der Waals surface area contributed by atoms with E-state index in [0.29, 0.717) is 5.92 Å². The molecule has 18 heavy (non-hydrogen) atoms. The highest BCUT2D eigenvalue weighted by molar-refractivity contribution is 7.84. The molecule has 1 aromatic rings. The molecule has 3 heteroatoms. The smallest absolute Gasteiger partial charge is 0.0441 e. The van der Waals surface area contributed by atoms with Crippen LogP contribution in [0.4, 0.5) is 0 Å². The lowest BCUT2D eigenvalue weighted by molar-refractivity contribution is 0.507. The Kier molecular flexibility index (Phi) is 4.95. The first kappa shape index (κ1) is 13.8. The van der Waals surface area contributed by atoms with Gasteiger partial charge in [-0.2, -0.15) is 0 Å². The van der Waals surface area contributed by atoms with Crippen LogP contribution in [0.15, 0.2) is 24.3 Å². The van der Waals surface area contributed by atoms with Crippen LogP contribution < -0.4 is 5.32 Å². The SMILES string of the molecule is CC(CNCC1CCCc2ccccc21)S(C)=O. The topological polar surface area (TPSA) is 29.1 Å². The minimum Gasteiger partial charge on any atom is -0.315 e. The summed E-state index contributed by atoms with van der Waals surface area (Å²) in [7, 11) is -0.724. The zero-order valence-corrected chi connectivity index (χ0v) is 12.1. The maximum atomic E-state index is 11.3. The van der Waals surface area contributed by atoms with Gasteiger partial charge in [-0.25, -0.2) is 0 Å². The summed E-state index contributed by atoms with van der Waals surface area (Å²) in [6, 6.07) is 8.80. The number of hydrogen-bond donors (Lipinski definition) is 1. The molecule has 1 N–H and O–H groups in total. The van der Waals surface area contributed by atoms with Gasteiger partial charge in [-0.05, 0) is 43.2 Å². The third kappa shape index (κ3) is 3.42. The van der Waals surface area contributed by atoms with Gasteiger partial charge >= 0.3 is 0 Å². The molecule has 1 aliphatic carbocycles. The summed E-state index contributed by atoms with van der Waals surface area (Å²) in [6.07, 6.45) is 5.57. The molecule has 0 aromatic heterocycles. The van der Waals surface area contributed by atoms with E-state index in [1.165, 1.54) is 30.4 Å². The van der Waals surface area contributed by atoms with Crippen molar-refractivity contribution < 1.29 is 4.21 Å². The van der Waals surface area contributed by atoms with Crippen molar-refractivity contribution in [2.45, 2.75) is 37.4 Å². The third-order valence-electron chi connectivity index (χ3n) is 3.88. The molecule has 2 nitrogen and oxygen atoms in total. The van der Waals surface area contributed by atoms with Crippen molar-refractivity contribution in [3.8, 4) is 0 Å². The Hall–Kier alpha value is -0.670. The number of hydrogen-bond acceptors (Lipinski definition) is 2. The fourth-order valence-corrected chi connectivity index (χ4v) is 3.00. The molecule has 2 rings (SSSR count). The van der Waals surface area contributed by atoms with E-state index in [4.69, 9.17) is 0 Å². The van der Waals surface area contributed by atoms with Gasteiger partial charge in [0.05, 0.1) is 0 Å². The van der Waals surface area contributed by atoms with Crippen LogP contribution in [-0.2, 0) is 17.2 Å². The molecule has 1 aromatic carbocycles. The lowest BCUT2D eigenvalue weighted by Gasteiger charge is -2.26. The zero-order chi connectivity index (χ0) is 13.0. The van der Waals surface area contributed by atoms with Crippen molar-refractivity contribution in [1.82, 2.24) is 5.32 Å². The lowest BCUT2D eigenvalue weighted by atomic mass is 9.83. The zero-order valence-electron chi connectivity index (χ0n) is 11.3. The van der Waals surface area contributed by atoms with Crippen LogP contribution in [0.1, 0.15) is 36.8 Å². The van der Waals surface area contributed by atoms with Crippen LogP contribution >= 0.6 is 0 Å². The molecule has 100 valence electrons. The molecular weight excluding hydrogens is 242 g/mol. The molecular formula is C15H23NOS. The fourth-order valence-electron chi connectivity index (χ4n) is 2.64. The normalized spacial score (nSPS) is 22.2. The standard InChI is InChI=1S/C15H23NOS/c1-12(18(2)17)10-16-11-14-8-5-7-13-6-3-4-9-15(13)14/h3-4,6,9,12,14,16H,5,7-8,10-11H2,1-2H3. The Morgan fingerprint density at radius 3 is 3.00 bits per heavy atom. The monoisotopic (exact) mass is 265 g/mol. The molecule has 0 saturated heterocycles. The Balaban J connectivity index is 1.90. The molecule has 0 aliphatic heterocycles. The van der Waals surface area contributed by atoms with Gasteiger partial charge in [-0.1, -0.05) is 24.3 Å². The van der Waals surface area contributed by atoms with Crippen molar-refractivity contribution in [2.75, 3.05) is 19.3 Å². The van der Waals surface area contributed by atoms with Gasteiger partial charge in [0.15, 0.2) is 0 Å². The predicted octanol–water partition coefficient (Wildman–Crippen LogP) is 2.46. The Bertz CT molecular complexity index is 419. The number of nitrogens with one attached hydrogen (secondary N) is 1. The molecule has 3 unspecified atom stereocenters. The van der Waals surface area contributed by atoms with Gasteiger partial charge in [-0.3, -0.25) is 4.21 Å². The van der Waals surface area contributed by atoms with E-state index in [0.717, 1.165) is 13.1 Å². The van der Waals surface area contributed by atoms with Crippen LogP contribution in [0.5, 0.6) is 0 Å². The van der Waals surface area contributed by atoms with Crippen LogP contribution in [0.3, 0.4) is 0 Å². The molecule has 3 atom stereocenters. The summed E-state index contributed by atoms with van der Waals surface area (Å²) in [6.45, 7) is 3.90. The van der Waals surface area contributed by atoms with Crippen LogP contribution in [0, 0.1) is 0 Å². The summed E-state index contributed by atoms with van der Waals surface area (Å²) in [5, 5.41) is 3.72. The average molecular weight is 265 g/mol. The maximum absolute atomic E-state index is 11.3. The van der Waals surface area contributed by atoms with Crippen molar-refractivity contribution in [3.05, 3.63) is 35.4 Å². The maximum Gasteiger partial charge on any atom is 0.0441 e. The molecule has 0 radical (unpaired) electrons. The van der Waals surface area contributed by atoms with Crippen molar-refractivity contribution in [1.29, 1.82) is 0 Å². The first-order chi connectivity index (χ1) is 8.68. The van der Waals surface area contributed by atoms with Gasteiger partial charge in [0.25, 0.3) is 0 Å². The summed E-state index contributed by atoms with van der Waals surface area (Å²) in [4.78, 5) is 0. The second-order valence-corrected chi connectivity index (χ2v) is 7.06. The van der Waals surface area contributed by atoms with E-state index in [9.17, 15) is 4.21 Å². The molecule has 0 amide bonds. The number of benzene rings is 1. The third-order valence-corrected chi connectivity index (χ3v) is 5.18. The van der Waals surface area contributed by atoms with E-state index >= 15 is 0 Å². The van der Waals surface area contributed by atoms with Gasteiger partial charge < -0.3 is 5.32 Å². The Labute approximate surface area is 113 Å². The van der Waals surface area contributed by atoms with Gasteiger partial charge in [0.1, 0.15) is 0 Å². The molecule has 0 saturated carbocycles. The molecule has 0 bridgehead atoms. The molecule has 0 spiro atoms. The highest BCUT2D eigenvalue weighted by Gasteiger charge is 2.19.